The molecule has 0 spiro atoms. The number of ether oxygens (including phenoxy) is 6. The van der Waals surface area contributed by atoms with Gasteiger partial charge in [0.1, 0.15) is 24.4 Å². The highest BCUT2D eigenvalue weighted by Gasteiger charge is 2.42. The lowest BCUT2D eigenvalue weighted by molar-refractivity contribution is -0.142. The van der Waals surface area contributed by atoms with Crippen LogP contribution in [0.2, 0.25) is 0 Å². The molecule has 2 aliphatic rings. The highest BCUT2D eigenvalue weighted by molar-refractivity contribution is 6.10. The number of pyridine rings is 1. The van der Waals surface area contributed by atoms with Gasteiger partial charge >= 0.3 is 5.97 Å². The number of hydrogen-bond acceptors (Lipinski definition) is 8. The van der Waals surface area contributed by atoms with Crippen molar-refractivity contribution < 1.29 is 33.2 Å². The SMILES string of the molecule is CCOCOc1ccc2nccc3c2c1C1=C(O3)C(=O)O[C@@H]1CCOCOCc1ccccc1. The molecule has 0 N–H and O–H groups in total. The molecule has 176 valence electrons. The predicted molar refractivity (Wildman–Crippen MR) is 123 cm³/mol. The average Bonchev–Trinajstić information content (AvgIpc) is 3.18. The van der Waals surface area contributed by atoms with Crippen LogP contribution in [0.3, 0.4) is 0 Å². The lowest BCUT2D eigenvalue weighted by Crippen LogP contribution is -2.16. The van der Waals surface area contributed by atoms with Gasteiger partial charge in [-0.1, -0.05) is 30.3 Å². The fraction of sp³-hybridized carbons (Fsp3) is 0.308. The predicted octanol–water partition coefficient (Wildman–Crippen LogP) is 4.22. The maximum Gasteiger partial charge on any atom is 0.375 e. The summed E-state index contributed by atoms with van der Waals surface area (Å²) < 4.78 is 34.1. The zero-order valence-corrected chi connectivity index (χ0v) is 18.8. The van der Waals surface area contributed by atoms with E-state index in [9.17, 15) is 4.79 Å². The van der Waals surface area contributed by atoms with Gasteiger partial charge in [-0.05, 0) is 30.7 Å². The number of fused-ring (bicyclic) bond motifs is 1. The number of nitrogens with zero attached hydrogens (tertiary/aromatic N) is 1. The van der Waals surface area contributed by atoms with Crippen LogP contribution in [-0.4, -0.2) is 43.9 Å². The van der Waals surface area contributed by atoms with Crippen molar-refractivity contribution in [2.45, 2.75) is 26.1 Å². The number of cyclic esters (lactones) is 1. The first-order valence-electron chi connectivity index (χ1n) is 11.2. The van der Waals surface area contributed by atoms with Gasteiger partial charge in [0.15, 0.2) is 6.79 Å². The van der Waals surface area contributed by atoms with E-state index in [1.807, 2.05) is 49.4 Å². The highest BCUT2D eigenvalue weighted by Crippen LogP contribution is 2.48. The van der Waals surface area contributed by atoms with Gasteiger partial charge in [0, 0.05) is 24.8 Å². The van der Waals surface area contributed by atoms with Crippen molar-refractivity contribution in [1.82, 2.24) is 4.98 Å². The fourth-order valence-electron chi connectivity index (χ4n) is 4.08. The Hall–Kier alpha value is -3.46. The molecule has 8 nitrogen and oxygen atoms in total. The summed E-state index contributed by atoms with van der Waals surface area (Å²) in [6.45, 7) is 3.47. The molecule has 3 aromatic rings. The molecule has 0 saturated heterocycles. The van der Waals surface area contributed by atoms with Gasteiger partial charge < -0.3 is 28.4 Å². The summed E-state index contributed by atoms with van der Waals surface area (Å²) in [5.74, 6) is 0.804. The maximum absolute atomic E-state index is 12.7. The second-order valence-electron chi connectivity index (χ2n) is 7.78. The third-order valence-corrected chi connectivity index (χ3v) is 5.62. The minimum Gasteiger partial charge on any atom is -0.467 e. The zero-order valence-electron chi connectivity index (χ0n) is 18.8. The smallest absolute Gasteiger partial charge is 0.375 e. The zero-order chi connectivity index (χ0) is 23.3. The summed E-state index contributed by atoms with van der Waals surface area (Å²) in [5.41, 5.74) is 3.21. The Bertz CT molecular complexity index is 1210. The van der Waals surface area contributed by atoms with Crippen LogP contribution in [0.15, 0.2) is 60.5 Å². The van der Waals surface area contributed by atoms with Crippen LogP contribution in [0.5, 0.6) is 11.5 Å². The highest BCUT2D eigenvalue weighted by atomic mass is 16.7. The van der Waals surface area contributed by atoms with E-state index in [-0.39, 0.29) is 19.3 Å². The first kappa shape index (κ1) is 22.3. The summed E-state index contributed by atoms with van der Waals surface area (Å²) in [6.07, 6.45) is 1.55. The van der Waals surface area contributed by atoms with Crippen molar-refractivity contribution in [3.63, 3.8) is 0 Å². The van der Waals surface area contributed by atoms with Gasteiger partial charge in [0.25, 0.3) is 0 Å². The fourth-order valence-corrected chi connectivity index (χ4v) is 4.08. The molecule has 0 aliphatic carbocycles. The van der Waals surface area contributed by atoms with E-state index in [4.69, 9.17) is 28.4 Å². The molecular weight excluding hydrogens is 438 g/mol. The number of hydrogen-bond donors (Lipinski definition) is 0. The molecule has 0 bridgehead atoms. The van der Waals surface area contributed by atoms with Gasteiger partial charge in [0.2, 0.25) is 5.76 Å². The Morgan fingerprint density at radius 2 is 1.88 bits per heavy atom. The topological polar surface area (TPSA) is 85.3 Å². The first-order valence-corrected chi connectivity index (χ1v) is 11.2. The number of esters is 1. The molecule has 1 atom stereocenters. The molecule has 0 unspecified atom stereocenters. The maximum atomic E-state index is 12.7. The molecule has 8 heteroatoms. The van der Waals surface area contributed by atoms with Crippen LogP contribution < -0.4 is 9.47 Å². The molecule has 3 heterocycles. The monoisotopic (exact) mass is 463 g/mol. The van der Waals surface area contributed by atoms with E-state index in [1.165, 1.54) is 0 Å². The second kappa shape index (κ2) is 10.2. The summed E-state index contributed by atoms with van der Waals surface area (Å²) in [7, 11) is 0. The molecular formula is C26H25NO7. The normalized spacial score (nSPS) is 16.4. The van der Waals surface area contributed by atoms with Gasteiger partial charge in [-0.25, -0.2) is 4.79 Å². The summed E-state index contributed by atoms with van der Waals surface area (Å²) in [4.78, 5) is 17.1. The van der Waals surface area contributed by atoms with Gasteiger partial charge in [-0.15, -0.1) is 0 Å². The number of carbonyl (C=O) groups excluding carboxylic acids is 1. The van der Waals surface area contributed by atoms with Crippen LogP contribution in [0.1, 0.15) is 24.5 Å². The molecule has 0 saturated carbocycles. The number of aromatic nitrogens is 1. The number of carbonyl (C=O) groups is 1. The van der Waals surface area contributed by atoms with E-state index in [0.29, 0.717) is 43.3 Å². The van der Waals surface area contributed by atoms with Gasteiger partial charge in [0.05, 0.1) is 29.7 Å². The minimum absolute atomic E-state index is 0.0927. The summed E-state index contributed by atoms with van der Waals surface area (Å²) in [6, 6.07) is 15.3. The summed E-state index contributed by atoms with van der Waals surface area (Å²) in [5, 5.41) is 0.783. The third kappa shape index (κ3) is 4.48. The molecule has 0 fully saturated rings. The summed E-state index contributed by atoms with van der Waals surface area (Å²) >= 11 is 0. The molecule has 2 aromatic carbocycles. The molecule has 2 aliphatic heterocycles. The van der Waals surface area contributed by atoms with Crippen molar-refractivity contribution in [1.29, 1.82) is 0 Å². The Morgan fingerprint density at radius 1 is 1.00 bits per heavy atom. The quantitative estimate of drug-likeness (QED) is 0.237. The van der Waals surface area contributed by atoms with Crippen molar-refractivity contribution >= 4 is 22.4 Å². The lowest BCUT2D eigenvalue weighted by atomic mass is 9.92. The molecule has 5 rings (SSSR count). The van der Waals surface area contributed by atoms with Crippen molar-refractivity contribution in [3.8, 4) is 11.5 Å². The molecule has 1 aromatic heterocycles. The van der Waals surface area contributed by atoms with Gasteiger partial charge in [-0.2, -0.15) is 0 Å². The van der Waals surface area contributed by atoms with Crippen LogP contribution >= 0.6 is 0 Å². The van der Waals surface area contributed by atoms with E-state index in [0.717, 1.165) is 22.0 Å². The third-order valence-electron chi connectivity index (χ3n) is 5.62. The van der Waals surface area contributed by atoms with Crippen LogP contribution in [0.25, 0.3) is 16.5 Å². The first-order chi connectivity index (χ1) is 16.8. The Labute approximate surface area is 197 Å². The molecule has 34 heavy (non-hydrogen) atoms. The van der Waals surface area contributed by atoms with Crippen molar-refractivity contribution in [2.75, 3.05) is 26.8 Å². The number of benzene rings is 2. The Kier molecular flexibility index (Phi) is 6.71. The van der Waals surface area contributed by atoms with Crippen LogP contribution in [-0.2, 0) is 30.3 Å². The second-order valence-corrected chi connectivity index (χ2v) is 7.78. The lowest BCUT2D eigenvalue weighted by Gasteiger charge is -2.23. The van der Waals surface area contributed by atoms with E-state index < -0.39 is 12.1 Å². The van der Waals surface area contributed by atoms with Crippen molar-refractivity contribution in [2.24, 2.45) is 0 Å². The van der Waals surface area contributed by atoms with E-state index in [1.54, 1.807) is 12.3 Å². The van der Waals surface area contributed by atoms with Crippen LogP contribution in [0.4, 0.5) is 0 Å². The van der Waals surface area contributed by atoms with E-state index >= 15 is 0 Å². The average molecular weight is 463 g/mol. The van der Waals surface area contributed by atoms with Crippen LogP contribution in [0, 0.1) is 0 Å². The standard InChI is InChI=1S/C26H25NO7/c1-2-29-16-32-19-9-8-18-22-20(10-12-27-18)33-25-24(23(19)22)21(34-26(25)28)11-13-30-15-31-14-17-6-4-3-5-7-17/h3-10,12,21H,2,11,13-16H2,1H3/t21-/m1/s1. The van der Waals surface area contributed by atoms with E-state index in [2.05, 4.69) is 4.98 Å². The largest absolute Gasteiger partial charge is 0.467 e. The molecule has 0 amide bonds. The van der Waals surface area contributed by atoms with Crippen molar-refractivity contribution in [3.05, 3.63) is 71.6 Å². The minimum atomic E-state index is -0.537. The van der Waals surface area contributed by atoms with Gasteiger partial charge in [-0.3, -0.25) is 4.98 Å². The molecule has 0 radical (unpaired) electrons. The Balaban J connectivity index is 1.31. The number of rotatable bonds is 11. The Morgan fingerprint density at radius 3 is 2.74 bits per heavy atom.